The van der Waals surface area contributed by atoms with E-state index in [-0.39, 0.29) is 17.2 Å². The predicted molar refractivity (Wildman–Crippen MR) is 114 cm³/mol. The van der Waals surface area contributed by atoms with Crippen LogP contribution in [0, 0.1) is 0 Å². The van der Waals surface area contributed by atoms with E-state index in [0.717, 1.165) is 0 Å². The Bertz CT molecular complexity index is 1180. The van der Waals surface area contributed by atoms with E-state index in [2.05, 4.69) is 10.0 Å². The van der Waals surface area contributed by atoms with Gasteiger partial charge in [-0.1, -0.05) is 35.9 Å². The number of benzene rings is 3. The quantitative estimate of drug-likeness (QED) is 0.622. The van der Waals surface area contributed by atoms with E-state index in [1.807, 2.05) is 6.07 Å². The maximum atomic E-state index is 12.6. The molecular formula is C21H17ClN2O5S. The SMILES string of the molecule is O=C(Nc1ccc(S(=O)(=O)Nc2ccccc2Cl)cc1)[C@@H]1COc2ccccc2O1. The molecule has 0 saturated carbocycles. The number of fused-ring (bicyclic) bond motifs is 1. The van der Waals surface area contributed by atoms with Crippen molar-refractivity contribution in [2.24, 2.45) is 0 Å². The maximum Gasteiger partial charge on any atom is 0.269 e. The van der Waals surface area contributed by atoms with Crippen molar-refractivity contribution < 1.29 is 22.7 Å². The molecule has 30 heavy (non-hydrogen) atoms. The fraction of sp³-hybridized carbons (Fsp3) is 0.0952. The lowest BCUT2D eigenvalue weighted by Crippen LogP contribution is -2.40. The summed E-state index contributed by atoms with van der Waals surface area (Å²) in [5, 5.41) is 2.99. The van der Waals surface area contributed by atoms with Gasteiger partial charge in [-0.2, -0.15) is 0 Å². The highest BCUT2D eigenvalue weighted by atomic mass is 35.5. The summed E-state index contributed by atoms with van der Waals surface area (Å²) in [5.41, 5.74) is 0.713. The molecule has 0 radical (unpaired) electrons. The second kappa shape index (κ2) is 8.25. The molecule has 154 valence electrons. The third-order valence-electron chi connectivity index (χ3n) is 4.35. The molecule has 0 spiro atoms. The number of ether oxygens (including phenoxy) is 2. The van der Waals surface area contributed by atoms with Gasteiger partial charge in [-0.3, -0.25) is 9.52 Å². The summed E-state index contributed by atoms with van der Waals surface area (Å²) in [5.74, 6) is 0.687. The van der Waals surface area contributed by atoms with Gasteiger partial charge in [0.15, 0.2) is 11.5 Å². The normalized spacial score (nSPS) is 15.3. The summed E-state index contributed by atoms with van der Waals surface area (Å²) in [6, 6.07) is 19.4. The van der Waals surface area contributed by atoms with Gasteiger partial charge in [0.2, 0.25) is 6.10 Å². The molecule has 0 aliphatic carbocycles. The fourth-order valence-corrected chi connectivity index (χ4v) is 4.16. The van der Waals surface area contributed by atoms with Crippen molar-refractivity contribution in [2.75, 3.05) is 16.6 Å². The Hall–Kier alpha value is -3.23. The lowest BCUT2D eigenvalue weighted by atomic mass is 10.2. The van der Waals surface area contributed by atoms with Crippen molar-refractivity contribution in [3.63, 3.8) is 0 Å². The maximum absolute atomic E-state index is 12.6. The van der Waals surface area contributed by atoms with Gasteiger partial charge >= 0.3 is 0 Å². The molecule has 1 aliphatic heterocycles. The van der Waals surface area contributed by atoms with E-state index in [0.29, 0.717) is 22.2 Å². The molecule has 1 aliphatic rings. The zero-order valence-electron chi connectivity index (χ0n) is 15.5. The molecule has 9 heteroatoms. The molecule has 3 aromatic carbocycles. The fourth-order valence-electron chi connectivity index (χ4n) is 2.84. The van der Waals surface area contributed by atoms with Crippen molar-refractivity contribution in [3.8, 4) is 11.5 Å². The van der Waals surface area contributed by atoms with Crippen LogP contribution in [0.15, 0.2) is 77.7 Å². The van der Waals surface area contributed by atoms with Crippen LogP contribution in [0.2, 0.25) is 5.02 Å². The molecule has 0 fully saturated rings. The lowest BCUT2D eigenvalue weighted by molar-refractivity contribution is -0.125. The van der Waals surface area contributed by atoms with Crippen LogP contribution in [-0.2, 0) is 14.8 Å². The minimum absolute atomic E-state index is 0.0339. The number of hydrogen-bond donors (Lipinski definition) is 2. The smallest absolute Gasteiger partial charge is 0.269 e. The molecule has 3 aromatic rings. The number of anilines is 2. The lowest BCUT2D eigenvalue weighted by Gasteiger charge is -2.25. The Balaban J connectivity index is 1.42. The van der Waals surface area contributed by atoms with Gasteiger partial charge in [0.25, 0.3) is 15.9 Å². The number of sulfonamides is 1. The molecule has 0 unspecified atom stereocenters. The average molecular weight is 445 g/mol. The third kappa shape index (κ3) is 4.34. The molecule has 0 saturated heterocycles. The molecular weight excluding hydrogens is 428 g/mol. The van der Waals surface area contributed by atoms with Crippen molar-refractivity contribution in [1.29, 1.82) is 0 Å². The Morgan fingerprint density at radius 3 is 2.33 bits per heavy atom. The summed E-state index contributed by atoms with van der Waals surface area (Å²) >= 11 is 6.01. The second-order valence-corrected chi connectivity index (χ2v) is 8.55. The van der Waals surface area contributed by atoms with E-state index in [4.69, 9.17) is 21.1 Å². The zero-order chi connectivity index (χ0) is 21.1. The van der Waals surface area contributed by atoms with E-state index in [9.17, 15) is 13.2 Å². The van der Waals surface area contributed by atoms with Crippen LogP contribution < -0.4 is 19.5 Å². The Kier molecular flexibility index (Phi) is 5.52. The van der Waals surface area contributed by atoms with Gasteiger partial charge in [0.1, 0.15) is 6.61 Å². The number of amides is 1. The summed E-state index contributed by atoms with van der Waals surface area (Å²) in [6.45, 7) is 0.0804. The number of carbonyl (C=O) groups excluding carboxylic acids is 1. The zero-order valence-corrected chi connectivity index (χ0v) is 17.1. The molecule has 1 amide bonds. The largest absolute Gasteiger partial charge is 0.485 e. The summed E-state index contributed by atoms with van der Waals surface area (Å²) < 4.78 is 38.8. The molecule has 0 aromatic heterocycles. The minimum atomic E-state index is -3.83. The van der Waals surface area contributed by atoms with Gasteiger partial charge < -0.3 is 14.8 Å². The monoisotopic (exact) mass is 444 g/mol. The number of hydrogen-bond acceptors (Lipinski definition) is 5. The van der Waals surface area contributed by atoms with Crippen LogP contribution in [0.4, 0.5) is 11.4 Å². The van der Waals surface area contributed by atoms with Gasteiger partial charge in [-0.05, 0) is 48.5 Å². The highest BCUT2D eigenvalue weighted by Gasteiger charge is 2.27. The van der Waals surface area contributed by atoms with Gasteiger partial charge in [-0.25, -0.2) is 8.42 Å². The van der Waals surface area contributed by atoms with Gasteiger partial charge in [0.05, 0.1) is 15.6 Å². The van der Waals surface area contributed by atoms with Gasteiger partial charge in [-0.15, -0.1) is 0 Å². The first kappa shape index (κ1) is 20.1. The first-order chi connectivity index (χ1) is 14.4. The van der Waals surface area contributed by atoms with Crippen molar-refractivity contribution >= 4 is 38.9 Å². The minimum Gasteiger partial charge on any atom is -0.485 e. The van der Waals surface area contributed by atoms with Crippen LogP contribution in [0.5, 0.6) is 11.5 Å². The Labute approximate surface area is 178 Å². The first-order valence-corrected chi connectivity index (χ1v) is 10.9. The predicted octanol–water partition coefficient (Wildman–Crippen LogP) is 3.92. The number of para-hydroxylation sites is 3. The first-order valence-electron chi connectivity index (χ1n) is 8.99. The van der Waals surface area contributed by atoms with E-state index < -0.39 is 22.0 Å². The highest BCUT2D eigenvalue weighted by Crippen LogP contribution is 2.31. The van der Waals surface area contributed by atoms with E-state index in [1.165, 1.54) is 24.3 Å². The van der Waals surface area contributed by atoms with E-state index in [1.54, 1.807) is 42.5 Å². The standard InChI is InChI=1S/C21H17ClN2O5S/c22-16-5-1-2-6-17(16)24-30(26,27)15-11-9-14(10-12-15)23-21(25)20-13-28-18-7-3-4-8-19(18)29-20/h1-12,20,24H,13H2,(H,23,25)/t20-/m0/s1. The van der Waals surface area contributed by atoms with Crippen molar-refractivity contribution in [3.05, 3.63) is 77.8 Å². The molecule has 4 rings (SSSR count). The van der Waals surface area contributed by atoms with Crippen LogP contribution >= 0.6 is 11.6 Å². The van der Waals surface area contributed by atoms with Crippen molar-refractivity contribution in [1.82, 2.24) is 0 Å². The second-order valence-electron chi connectivity index (χ2n) is 6.46. The third-order valence-corrected chi connectivity index (χ3v) is 6.06. The van der Waals surface area contributed by atoms with E-state index >= 15 is 0 Å². The molecule has 2 N–H and O–H groups in total. The molecule has 1 atom stereocenters. The highest BCUT2D eigenvalue weighted by molar-refractivity contribution is 7.92. The Morgan fingerprint density at radius 2 is 1.60 bits per heavy atom. The van der Waals surface area contributed by atoms with Crippen LogP contribution in [0.1, 0.15) is 0 Å². The summed E-state index contributed by atoms with van der Waals surface area (Å²) in [7, 11) is -3.83. The van der Waals surface area contributed by atoms with Crippen LogP contribution in [0.3, 0.4) is 0 Å². The number of nitrogens with one attached hydrogen (secondary N) is 2. The number of halogens is 1. The van der Waals surface area contributed by atoms with Crippen molar-refractivity contribution in [2.45, 2.75) is 11.0 Å². The molecule has 0 bridgehead atoms. The number of rotatable bonds is 5. The molecule has 1 heterocycles. The molecule has 7 nitrogen and oxygen atoms in total. The summed E-state index contributed by atoms with van der Waals surface area (Å²) in [6.07, 6.45) is -0.815. The Morgan fingerprint density at radius 1 is 0.933 bits per heavy atom. The average Bonchev–Trinajstić information content (AvgIpc) is 2.75. The number of carbonyl (C=O) groups is 1. The summed E-state index contributed by atoms with van der Waals surface area (Å²) in [4.78, 5) is 12.5. The van der Waals surface area contributed by atoms with Gasteiger partial charge in [0, 0.05) is 5.69 Å². The van der Waals surface area contributed by atoms with Crippen LogP contribution in [0.25, 0.3) is 0 Å². The van der Waals surface area contributed by atoms with Crippen LogP contribution in [-0.4, -0.2) is 27.0 Å². The topological polar surface area (TPSA) is 93.7 Å².